The van der Waals surface area contributed by atoms with Crippen LogP contribution in [-0.2, 0) is 0 Å². The first-order valence-electron chi connectivity index (χ1n) is 5.72. The smallest absolute Gasteiger partial charge is 0.230 e. The molecule has 0 fully saturated rings. The zero-order valence-electron chi connectivity index (χ0n) is 10.2. The number of rotatable bonds is 2. The first-order chi connectivity index (χ1) is 9.16. The molecule has 1 aromatic carbocycles. The lowest BCUT2D eigenvalue weighted by Gasteiger charge is -2.02. The average molecular weight is 319 g/mol. The molecule has 0 saturated carbocycles. The van der Waals surface area contributed by atoms with Gasteiger partial charge in [0, 0.05) is 0 Å². The van der Waals surface area contributed by atoms with E-state index in [1.165, 1.54) is 5.56 Å². The number of nitrogens with zero attached hydrogens (tertiary/aromatic N) is 1. The van der Waals surface area contributed by atoms with Crippen molar-refractivity contribution in [3.63, 3.8) is 0 Å². The Balaban J connectivity index is 2.19. The molecular weight excluding hydrogens is 308 g/mol. The molecule has 3 rings (SSSR count). The fraction of sp³-hybridized carbons (Fsp3) is 0.0714. The fourth-order valence-electron chi connectivity index (χ4n) is 1.95. The molecule has 2 aromatic heterocycles. The Hall–Kier alpha value is -2.01. The van der Waals surface area contributed by atoms with Crippen molar-refractivity contribution >= 4 is 21.8 Å². The minimum atomic E-state index is 0.298. The molecule has 0 spiro atoms. The lowest BCUT2D eigenvalue weighted by atomic mass is 10.0. The van der Waals surface area contributed by atoms with Crippen molar-refractivity contribution in [3.05, 3.63) is 46.8 Å². The van der Waals surface area contributed by atoms with E-state index >= 15 is 0 Å². The summed E-state index contributed by atoms with van der Waals surface area (Å²) >= 11 is 3.34. The molecule has 5 heteroatoms. The maximum Gasteiger partial charge on any atom is 0.230 e. The second kappa shape index (κ2) is 4.59. The van der Waals surface area contributed by atoms with Crippen LogP contribution in [0.1, 0.15) is 5.56 Å². The number of nitrogens with two attached hydrogens (primary N) is 1. The standard InChI is InChI=1S/C14H11BrN2O2/c1-8-2-4-9(5-3-8)11-12(17-19-14(11)16)10-6-7-18-13(10)15/h2-7H,16H2,1H3. The Morgan fingerprint density at radius 1 is 1.16 bits per heavy atom. The highest BCUT2D eigenvalue weighted by Crippen LogP contribution is 2.39. The van der Waals surface area contributed by atoms with Crippen molar-refractivity contribution in [2.24, 2.45) is 0 Å². The van der Waals surface area contributed by atoms with Crippen LogP contribution in [0.15, 0.2) is 50.2 Å². The van der Waals surface area contributed by atoms with Crippen LogP contribution in [-0.4, -0.2) is 5.16 Å². The summed E-state index contributed by atoms with van der Waals surface area (Å²) in [5.41, 5.74) is 10.3. The van der Waals surface area contributed by atoms with Gasteiger partial charge >= 0.3 is 0 Å². The number of anilines is 1. The van der Waals surface area contributed by atoms with E-state index in [2.05, 4.69) is 21.1 Å². The molecule has 0 saturated heterocycles. The van der Waals surface area contributed by atoms with E-state index in [1.807, 2.05) is 37.3 Å². The van der Waals surface area contributed by atoms with Crippen molar-refractivity contribution in [1.82, 2.24) is 5.16 Å². The summed E-state index contributed by atoms with van der Waals surface area (Å²) in [6.07, 6.45) is 1.59. The van der Waals surface area contributed by atoms with E-state index in [4.69, 9.17) is 14.7 Å². The molecule has 0 unspecified atom stereocenters. The third kappa shape index (κ3) is 2.06. The van der Waals surface area contributed by atoms with Gasteiger partial charge in [-0.3, -0.25) is 0 Å². The molecule has 4 nitrogen and oxygen atoms in total. The van der Waals surface area contributed by atoms with Crippen LogP contribution in [0.5, 0.6) is 0 Å². The predicted octanol–water partition coefficient (Wildman–Crippen LogP) is 4.25. The highest BCUT2D eigenvalue weighted by atomic mass is 79.9. The number of halogens is 1. The molecule has 0 aliphatic heterocycles. The molecule has 0 radical (unpaired) electrons. The van der Waals surface area contributed by atoms with Crippen molar-refractivity contribution < 1.29 is 8.94 Å². The van der Waals surface area contributed by atoms with E-state index in [9.17, 15) is 0 Å². The van der Waals surface area contributed by atoms with Gasteiger partial charge in [0.15, 0.2) is 4.67 Å². The summed E-state index contributed by atoms with van der Waals surface area (Å²) in [4.78, 5) is 0. The topological polar surface area (TPSA) is 65.2 Å². The third-order valence-corrected chi connectivity index (χ3v) is 3.55. The molecule has 0 aliphatic rings. The largest absolute Gasteiger partial charge is 0.457 e. The number of hydrogen-bond donors (Lipinski definition) is 1. The van der Waals surface area contributed by atoms with Gasteiger partial charge in [0.25, 0.3) is 0 Å². The van der Waals surface area contributed by atoms with E-state index in [0.29, 0.717) is 16.2 Å². The monoisotopic (exact) mass is 318 g/mol. The quantitative estimate of drug-likeness (QED) is 0.766. The number of benzene rings is 1. The van der Waals surface area contributed by atoms with Gasteiger partial charge in [-0.2, -0.15) is 0 Å². The second-order valence-electron chi connectivity index (χ2n) is 4.24. The molecule has 0 bridgehead atoms. The minimum Gasteiger partial charge on any atom is -0.457 e. The van der Waals surface area contributed by atoms with Crippen LogP contribution >= 0.6 is 15.9 Å². The maximum atomic E-state index is 5.89. The average Bonchev–Trinajstić information content (AvgIpc) is 2.97. The predicted molar refractivity (Wildman–Crippen MR) is 76.5 cm³/mol. The zero-order valence-corrected chi connectivity index (χ0v) is 11.8. The van der Waals surface area contributed by atoms with Gasteiger partial charge in [-0.15, -0.1) is 0 Å². The van der Waals surface area contributed by atoms with Crippen LogP contribution in [0.2, 0.25) is 0 Å². The summed E-state index contributed by atoms with van der Waals surface area (Å²) in [5, 5.41) is 4.03. The molecule has 19 heavy (non-hydrogen) atoms. The molecule has 96 valence electrons. The summed E-state index contributed by atoms with van der Waals surface area (Å²) in [7, 11) is 0. The Morgan fingerprint density at radius 2 is 1.89 bits per heavy atom. The minimum absolute atomic E-state index is 0.298. The highest BCUT2D eigenvalue weighted by Gasteiger charge is 2.20. The maximum absolute atomic E-state index is 5.89. The molecule has 0 amide bonds. The lowest BCUT2D eigenvalue weighted by molar-refractivity contribution is 0.439. The Labute approximate surface area is 118 Å². The van der Waals surface area contributed by atoms with E-state index in [1.54, 1.807) is 6.26 Å². The van der Waals surface area contributed by atoms with Gasteiger partial charge in [-0.05, 0) is 34.5 Å². The van der Waals surface area contributed by atoms with Gasteiger partial charge in [-0.25, -0.2) is 0 Å². The van der Waals surface area contributed by atoms with Gasteiger partial charge in [0.1, 0.15) is 5.69 Å². The normalized spacial score (nSPS) is 10.8. The Morgan fingerprint density at radius 3 is 2.53 bits per heavy atom. The molecule has 2 N–H and O–H groups in total. The first kappa shape index (κ1) is 12.0. The van der Waals surface area contributed by atoms with Gasteiger partial charge in [-0.1, -0.05) is 35.0 Å². The molecule has 3 aromatic rings. The SMILES string of the molecule is Cc1ccc(-c2c(-c3ccoc3Br)noc2N)cc1. The highest BCUT2D eigenvalue weighted by molar-refractivity contribution is 9.10. The summed E-state index contributed by atoms with van der Waals surface area (Å²) in [6, 6.07) is 9.86. The number of aromatic nitrogens is 1. The van der Waals surface area contributed by atoms with Gasteiger partial charge < -0.3 is 14.7 Å². The zero-order chi connectivity index (χ0) is 13.4. The Kier molecular flexibility index (Phi) is 2.91. The van der Waals surface area contributed by atoms with E-state index in [0.717, 1.165) is 16.7 Å². The lowest BCUT2D eigenvalue weighted by Crippen LogP contribution is -1.87. The third-order valence-electron chi connectivity index (χ3n) is 2.93. The van der Waals surface area contributed by atoms with Crippen LogP contribution in [0.3, 0.4) is 0 Å². The van der Waals surface area contributed by atoms with E-state index in [-0.39, 0.29) is 0 Å². The van der Waals surface area contributed by atoms with Crippen LogP contribution in [0.4, 0.5) is 5.88 Å². The molecule has 0 aliphatic carbocycles. The number of nitrogen functional groups attached to an aromatic ring is 1. The number of aryl methyl sites for hydroxylation is 1. The Bertz CT molecular complexity index is 713. The summed E-state index contributed by atoms with van der Waals surface area (Å²) in [5.74, 6) is 0.298. The van der Waals surface area contributed by atoms with Crippen molar-refractivity contribution in [2.45, 2.75) is 6.92 Å². The fourth-order valence-corrected chi connectivity index (χ4v) is 2.38. The van der Waals surface area contributed by atoms with E-state index < -0.39 is 0 Å². The summed E-state index contributed by atoms with van der Waals surface area (Å²) < 4.78 is 11.0. The van der Waals surface area contributed by atoms with Gasteiger partial charge in [0.2, 0.25) is 5.88 Å². The van der Waals surface area contributed by atoms with Crippen molar-refractivity contribution in [3.8, 4) is 22.4 Å². The number of furan rings is 1. The second-order valence-corrected chi connectivity index (χ2v) is 4.96. The van der Waals surface area contributed by atoms with Crippen LogP contribution in [0, 0.1) is 6.92 Å². The molecule has 0 atom stereocenters. The summed E-state index contributed by atoms with van der Waals surface area (Å²) in [6.45, 7) is 2.04. The number of hydrogen-bond acceptors (Lipinski definition) is 4. The van der Waals surface area contributed by atoms with Crippen molar-refractivity contribution in [2.75, 3.05) is 5.73 Å². The first-order valence-corrected chi connectivity index (χ1v) is 6.51. The van der Waals surface area contributed by atoms with Gasteiger partial charge in [0.05, 0.1) is 17.4 Å². The van der Waals surface area contributed by atoms with Crippen LogP contribution in [0.25, 0.3) is 22.4 Å². The molecule has 2 heterocycles. The van der Waals surface area contributed by atoms with Crippen molar-refractivity contribution in [1.29, 1.82) is 0 Å². The molecular formula is C14H11BrN2O2. The van der Waals surface area contributed by atoms with Crippen LogP contribution < -0.4 is 5.73 Å².